The lowest BCUT2D eigenvalue weighted by molar-refractivity contribution is -0.118. The molecule has 4 N–H and O–H groups in total. The van der Waals surface area contributed by atoms with Crippen LogP contribution < -0.4 is 21.1 Å². The molecule has 0 spiro atoms. The number of carbonyl (C=O) groups is 1. The lowest BCUT2D eigenvalue weighted by Gasteiger charge is -2.32. The van der Waals surface area contributed by atoms with Crippen molar-refractivity contribution in [3.8, 4) is 11.3 Å². The van der Waals surface area contributed by atoms with Gasteiger partial charge in [0.25, 0.3) is 0 Å². The molecule has 10 nitrogen and oxygen atoms in total. The molecule has 5 rings (SSSR count). The van der Waals surface area contributed by atoms with Crippen molar-refractivity contribution in [3.05, 3.63) is 30.7 Å². The molecule has 2 aliphatic rings. The monoisotopic (exact) mass is 435 g/mol. The summed E-state index contributed by atoms with van der Waals surface area (Å²) >= 11 is 0. The minimum absolute atomic E-state index is 0.0702. The number of aromatic amines is 1. The predicted octanol–water partition coefficient (Wildman–Crippen LogP) is 1.21. The molecule has 0 saturated carbocycles. The number of piperazine rings is 1. The normalized spacial score (nSPS) is 24.2. The van der Waals surface area contributed by atoms with E-state index in [1.807, 2.05) is 24.5 Å². The third kappa shape index (κ3) is 4.04. The number of rotatable bonds is 4. The summed E-state index contributed by atoms with van der Waals surface area (Å²) < 4.78 is 0. The van der Waals surface area contributed by atoms with Gasteiger partial charge in [0.1, 0.15) is 11.7 Å². The molecule has 168 valence electrons. The maximum Gasteiger partial charge on any atom is 0.243 e. The van der Waals surface area contributed by atoms with E-state index in [0.717, 1.165) is 54.4 Å². The average molecular weight is 436 g/mol. The minimum Gasteiger partial charge on any atom is -0.339 e. The van der Waals surface area contributed by atoms with E-state index in [1.54, 1.807) is 6.20 Å². The van der Waals surface area contributed by atoms with Gasteiger partial charge in [0.05, 0.1) is 17.6 Å². The van der Waals surface area contributed by atoms with Crippen molar-refractivity contribution < 1.29 is 4.79 Å². The molecule has 2 saturated heterocycles. The van der Waals surface area contributed by atoms with Gasteiger partial charge in [-0.1, -0.05) is 6.92 Å². The molecule has 1 amide bonds. The molecule has 2 aliphatic heterocycles. The molecule has 0 radical (unpaired) electrons. The van der Waals surface area contributed by atoms with E-state index < -0.39 is 0 Å². The first-order valence-corrected chi connectivity index (χ1v) is 11.0. The zero-order valence-corrected chi connectivity index (χ0v) is 18.6. The van der Waals surface area contributed by atoms with Gasteiger partial charge in [0.2, 0.25) is 11.9 Å². The fourth-order valence-corrected chi connectivity index (χ4v) is 4.17. The van der Waals surface area contributed by atoms with Gasteiger partial charge in [0.15, 0.2) is 0 Å². The number of carbonyl (C=O) groups excluding carboxylic acids is 1. The van der Waals surface area contributed by atoms with Crippen molar-refractivity contribution >= 4 is 28.6 Å². The molecule has 0 aromatic carbocycles. The van der Waals surface area contributed by atoms with Gasteiger partial charge in [-0.2, -0.15) is 0 Å². The Morgan fingerprint density at radius 2 is 1.78 bits per heavy atom. The van der Waals surface area contributed by atoms with Crippen LogP contribution in [0.1, 0.15) is 13.8 Å². The molecule has 5 heterocycles. The molecule has 3 unspecified atom stereocenters. The number of hydrazine groups is 1. The molecule has 3 aromatic rings. The summed E-state index contributed by atoms with van der Waals surface area (Å²) in [7, 11) is 2.13. The third-order valence-electron chi connectivity index (χ3n) is 6.54. The van der Waals surface area contributed by atoms with Crippen LogP contribution in [-0.2, 0) is 4.79 Å². The Balaban J connectivity index is 1.30. The number of pyridine rings is 1. The van der Waals surface area contributed by atoms with Crippen LogP contribution in [0.2, 0.25) is 0 Å². The van der Waals surface area contributed by atoms with Gasteiger partial charge in [-0.15, -0.1) is 0 Å². The van der Waals surface area contributed by atoms with Crippen LogP contribution in [0.5, 0.6) is 0 Å². The summed E-state index contributed by atoms with van der Waals surface area (Å²) in [6, 6.07) is 3.89. The summed E-state index contributed by atoms with van der Waals surface area (Å²) in [6.45, 7) is 8.02. The SMILES string of the molecule is CC1NNC(C(=O)Nc2cnc3[nH]c(-c4cnc(N5CCN(C)CC5)nc4)cc3c2)C1C. The topological polar surface area (TPSA) is 114 Å². The number of nitrogens with zero attached hydrogens (tertiary/aromatic N) is 5. The number of hydrogen-bond donors (Lipinski definition) is 4. The molecule has 3 atom stereocenters. The fraction of sp³-hybridized carbons (Fsp3) is 0.455. The Morgan fingerprint density at radius 1 is 1.03 bits per heavy atom. The molecule has 0 aliphatic carbocycles. The summed E-state index contributed by atoms with van der Waals surface area (Å²) in [4.78, 5) is 34.1. The van der Waals surface area contributed by atoms with E-state index in [-0.39, 0.29) is 23.9 Å². The maximum atomic E-state index is 12.6. The van der Waals surface area contributed by atoms with Crippen molar-refractivity contribution in [2.75, 3.05) is 43.4 Å². The Bertz CT molecular complexity index is 1100. The number of aromatic nitrogens is 4. The standard InChI is InChI=1S/C22H29N9O/c1-13-14(2)28-29-19(13)21(32)26-17-8-15-9-18(27-20(15)23-12-17)16-10-24-22(25-11-16)31-6-4-30(3)5-7-31/h8-14,19,28-29H,4-7H2,1-3H3,(H,23,27)(H,26,32). The fourth-order valence-electron chi connectivity index (χ4n) is 4.17. The second-order valence-corrected chi connectivity index (χ2v) is 8.81. The second-order valence-electron chi connectivity index (χ2n) is 8.81. The van der Waals surface area contributed by atoms with Crippen LogP contribution in [0.25, 0.3) is 22.3 Å². The van der Waals surface area contributed by atoms with Crippen LogP contribution in [0.3, 0.4) is 0 Å². The van der Waals surface area contributed by atoms with Crippen molar-refractivity contribution in [1.29, 1.82) is 0 Å². The number of anilines is 2. The van der Waals surface area contributed by atoms with Gasteiger partial charge >= 0.3 is 0 Å². The number of likely N-dealkylation sites (N-methyl/N-ethyl adjacent to an activating group) is 1. The van der Waals surface area contributed by atoms with E-state index in [4.69, 9.17) is 0 Å². The van der Waals surface area contributed by atoms with E-state index in [9.17, 15) is 4.79 Å². The number of H-pyrrole nitrogens is 1. The van der Waals surface area contributed by atoms with Gasteiger partial charge in [-0.25, -0.2) is 20.4 Å². The Morgan fingerprint density at radius 3 is 2.47 bits per heavy atom. The zero-order valence-electron chi connectivity index (χ0n) is 18.6. The number of amides is 1. The van der Waals surface area contributed by atoms with E-state index >= 15 is 0 Å². The van der Waals surface area contributed by atoms with Crippen molar-refractivity contribution in [2.45, 2.75) is 25.9 Å². The molecule has 32 heavy (non-hydrogen) atoms. The summed E-state index contributed by atoms with van der Waals surface area (Å²) in [5, 5.41) is 3.89. The highest BCUT2D eigenvalue weighted by Gasteiger charge is 2.34. The summed E-state index contributed by atoms with van der Waals surface area (Å²) in [5.41, 5.74) is 9.39. The Hall–Kier alpha value is -3.08. The highest BCUT2D eigenvalue weighted by atomic mass is 16.2. The average Bonchev–Trinajstić information content (AvgIpc) is 3.37. The summed E-state index contributed by atoms with van der Waals surface area (Å²) in [6.07, 6.45) is 5.36. The zero-order chi connectivity index (χ0) is 22.2. The van der Waals surface area contributed by atoms with Gasteiger partial charge < -0.3 is 20.1 Å². The van der Waals surface area contributed by atoms with Crippen molar-refractivity contribution in [2.24, 2.45) is 5.92 Å². The first-order valence-electron chi connectivity index (χ1n) is 11.0. The molecule has 0 bridgehead atoms. The first kappa shape index (κ1) is 20.8. The van der Waals surface area contributed by atoms with Gasteiger partial charge in [0, 0.05) is 55.6 Å². The van der Waals surface area contributed by atoms with Crippen LogP contribution in [0.4, 0.5) is 11.6 Å². The second kappa shape index (κ2) is 8.45. The highest BCUT2D eigenvalue weighted by molar-refractivity contribution is 5.97. The van der Waals surface area contributed by atoms with Crippen LogP contribution in [-0.4, -0.2) is 76.1 Å². The molecular formula is C22H29N9O. The minimum atomic E-state index is -0.279. The van der Waals surface area contributed by atoms with Crippen LogP contribution in [0.15, 0.2) is 30.7 Å². The van der Waals surface area contributed by atoms with Crippen LogP contribution in [0, 0.1) is 5.92 Å². The number of nitrogens with one attached hydrogen (secondary N) is 4. The lowest BCUT2D eigenvalue weighted by atomic mass is 9.97. The number of hydrogen-bond acceptors (Lipinski definition) is 8. The predicted molar refractivity (Wildman–Crippen MR) is 124 cm³/mol. The quantitative estimate of drug-likeness (QED) is 0.484. The largest absolute Gasteiger partial charge is 0.339 e. The van der Waals surface area contributed by atoms with Crippen molar-refractivity contribution in [1.82, 2.24) is 35.7 Å². The Kier molecular flexibility index (Phi) is 5.50. The smallest absolute Gasteiger partial charge is 0.243 e. The highest BCUT2D eigenvalue weighted by Crippen LogP contribution is 2.25. The third-order valence-corrected chi connectivity index (χ3v) is 6.54. The van der Waals surface area contributed by atoms with Gasteiger partial charge in [-0.3, -0.25) is 10.2 Å². The van der Waals surface area contributed by atoms with Crippen LogP contribution >= 0.6 is 0 Å². The molecule has 3 aromatic heterocycles. The molecule has 10 heteroatoms. The van der Waals surface area contributed by atoms with E-state index in [2.05, 4.69) is 66.8 Å². The maximum absolute atomic E-state index is 12.6. The van der Waals surface area contributed by atoms with E-state index in [0.29, 0.717) is 5.69 Å². The molecular weight excluding hydrogens is 406 g/mol. The van der Waals surface area contributed by atoms with Gasteiger partial charge in [-0.05, 0) is 32.0 Å². The summed E-state index contributed by atoms with van der Waals surface area (Å²) in [5.74, 6) is 0.887. The lowest BCUT2D eigenvalue weighted by Crippen LogP contribution is -2.45. The van der Waals surface area contributed by atoms with Crippen molar-refractivity contribution in [3.63, 3.8) is 0 Å². The van der Waals surface area contributed by atoms with E-state index in [1.165, 1.54) is 0 Å². The molecule has 2 fully saturated rings. The number of fused-ring (bicyclic) bond motifs is 1. The Labute approximate surface area is 186 Å². The first-order chi connectivity index (χ1) is 15.5.